The van der Waals surface area contributed by atoms with Gasteiger partial charge < -0.3 is 4.98 Å². The maximum absolute atomic E-state index is 12.4. The van der Waals surface area contributed by atoms with E-state index in [-0.39, 0.29) is 18.1 Å². The molecule has 5 nitrogen and oxygen atoms in total. The number of halogens is 3. The fourth-order valence-electron chi connectivity index (χ4n) is 2.64. The fraction of sp³-hybridized carbons (Fsp3) is 0.769. The van der Waals surface area contributed by atoms with Crippen molar-refractivity contribution in [2.75, 3.05) is 5.75 Å². The van der Waals surface area contributed by atoms with Gasteiger partial charge in [0.2, 0.25) is 10.0 Å². The Kier molecular flexibility index (Phi) is 5.49. The predicted molar refractivity (Wildman–Crippen MR) is 75.4 cm³/mol. The topological polar surface area (TPSA) is 74.8 Å². The van der Waals surface area contributed by atoms with Gasteiger partial charge in [-0.15, -0.1) is 0 Å². The summed E-state index contributed by atoms with van der Waals surface area (Å²) in [6, 6.07) is 0. The van der Waals surface area contributed by atoms with E-state index in [0.29, 0.717) is 18.5 Å². The van der Waals surface area contributed by atoms with Gasteiger partial charge >= 0.3 is 6.18 Å². The van der Waals surface area contributed by atoms with Crippen molar-refractivity contribution in [1.29, 1.82) is 0 Å². The molecule has 0 radical (unpaired) electrons. The summed E-state index contributed by atoms with van der Waals surface area (Å²) in [5.74, 6) is 0.393. The van der Waals surface area contributed by atoms with Gasteiger partial charge in [-0.1, -0.05) is 32.1 Å². The van der Waals surface area contributed by atoms with Crippen LogP contribution in [0.1, 0.15) is 50.0 Å². The average Bonchev–Trinajstić information content (AvgIpc) is 2.94. The Balaban J connectivity index is 1.80. The third-order valence-electron chi connectivity index (χ3n) is 3.91. The van der Waals surface area contributed by atoms with Crippen LogP contribution in [-0.2, 0) is 22.7 Å². The van der Waals surface area contributed by atoms with Gasteiger partial charge in [-0.05, 0) is 12.3 Å². The van der Waals surface area contributed by atoms with Crippen LogP contribution in [0.15, 0.2) is 6.20 Å². The molecule has 1 fully saturated rings. The number of alkyl halides is 3. The van der Waals surface area contributed by atoms with Gasteiger partial charge in [-0.2, -0.15) is 13.2 Å². The molecule has 0 spiro atoms. The van der Waals surface area contributed by atoms with Gasteiger partial charge in [-0.3, -0.25) is 0 Å². The fourth-order valence-corrected chi connectivity index (χ4v) is 3.79. The second kappa shape index (κ2) is 6.99. The van der Waals surface area contributed by atoms with E-state index in [1.54, 1.807) is 0 Å². The van der Waals surface area contributed by atoms with Crippen molar-refractivity contribution >= 4 is 10.0 Å². The molecule has 0 aromatic carbocycles. The number of rotatable bonds is 6. The first-order chi connectivity index (χ1) is 10.3. The SMILES string of the molecule is O=S(=O)(CCC1CCCCC1)NCc1ncc(C(F)(F)F)[nH]1. The second-order valence-corrected chi connectivity index (χ2v) is 7.60. The van der Waals surface area contributed by atoms with Gasteiger partial charge in [-0.25, -0.2) is 18.1 Å². The lowest BCUT2D eigenvalue weighted by Crippen LogP contribution is -2.27. The van der Waals surface area contributed by atoms with E-state index in [1.807, 2.05) is 0 Å². The molecule has 1 saturated carbocycles. The van der Waals surface area contributed by atoms with Crippen LogP contribution in [0.4, 0.5) is 13.2 Å². The van der Waals surface area contributed by atoms with Crippen molar-refractivity contribution < 1.29 is 21.6 Å². The summed E-state index contributed by atoms with van der Waals surface area (Å²) in [5.41, 5.74) is -0.982. The van der Waals surface area contributed by atoms with Gasteiger partial charge in [0, 0.05) is 0 Å². The first kappa shape index (κ1) is 17.3. The summed E-state index contributed by atoms with van der Waals surface area (Å²) in [7, 11) is -3.50. The molecule has 0 bridgehead atoms. The van der Waals surface area contributed by atoms with E-state index in [0.717, 1.165) is 25.7 Å². The van der Waals surface area contributed by atoms with E-state index in [9.17, 15) is 21.6 Å². The zero-order chi connectivity index (χ0) is 16.2. The maximum atomic E-state index is 12.4. The molecule has 1 heterocycles. The Morgan fingerprint density at radius 1 is 1.27 bits per heavy atom. The Hall–Kier alpha value is -1.09. The number of imidazole rings is 1. The first-order valence-corrected chi connectivity index (χ1v) is 9.00. The van der Waals surface area contributed by atoms with E-state index in [4.69, 9.17) is 0 Å². The number of nitrogens with zero attached hydrogens (tertiary/aromatic N) is 1. The largest absolute Gasteiger partial charge is 0.432 e. The van der Waals surface area contributed by atoms with Crippen molar-refractivity contribution in [3.05, 3.63) is 17.7 Å². The van der Waals surface area contributed by atoms with Crippen molar-refractivity contribution in [2.45, 2.75) is 51.2 Å². The smallest absolute Gasteiger partial charge is 0.337 e. The maximum Gasteiger partial charge on any atom is 0.432 e. The molecular formula is C13H20F3N3O2S. The number of hydrogen-bond donors (Lipinski definition) is 2. The molecule has 9 heteroatoms. The standard InChI is InChI=1S/C13H20F3N3O2S/c14-13(15,16)11-8-17-12(19-11)9-18-22(20,21)7-6-10-4-2-1-3-5-10/h8,10,18H,1-7,9H2,(H,17,19). The Morgan fingerprint density at radius 3 is 2.55 bits per heavy atom. The van der Waals surface area contributed by atoms with Crippen LogP contribution < -0.4 is 4.72 Å². The number of aromatic amines is 1. The van der Waals surface area contributed by atoms with Crippen molar-refractivity contribution in [3.8, 4) is 0 Å². The number of hydrogen-bond acceptors (Lipinski definition) is 3. The molecule has 1 aliphatic carbocycles. The number of sulfonamides is 1. The molecule has 0 saturated heterocycles. The molecule has 1 aliphatic rings. The van der Waals surface area contributed by atoms with E-state index in [2.05, 4.69) is 14.7 Å². The van der Waals surface area contributed by atoms with Crippen LogP contribution in [0.2, 0.25) is 0 Å². The molecule has 0 amide bonds. The van der Waals surface area contributed by atoms with Crippen LogP contribution in [0.3, 0.4) is 0 Å². The molecule has 22 heavy (non-hydrogen) atoms. The highest BCUT2D eigenvalue weighted by Crippen LogP contribution is 2.27. The van der Waals surface area contributed by atoms with E-state index in [1.165, 1.54) is 6.42 Å². The third kappa shape index (κ3) is 5.28. The minimum Gasteiger partial charge on any atom is -0.337 e. The monoisotopic (exact) mass is 339 g/mol. The van der Waals surface area contributed by atoms with E-state index < -0.39 is 21.9 Å². The summed E-state index contributed by atoms with van der Waals surface area (Å²) in [5, 5.41) is 0. The molecule has 0 unspecified atom stereocenters. The second-order valence-electron chi connectivity index (χ2n) is 5.67. The van der Waals surface area contributed by atoms with Crippen molar-refractivity contribution in [1.82, 2.24) is 14.7 Å². The molecule has 1 aromatic heterocycles. The summed E-state index contributed by atoms with van der Waals surface area (Å²) in [4.78, 5) is 5.60. The zero-order valence-corrected chi connectivity index (χ0v) is 12.9. The lowest BCUT2D eigenvalue weighted by Gasteiger charge is -2.21. The summed E-state index contributed by atoms with van der Waals surface area (Å²) in [6.07, 6.45) is 2.36. The lowest BCUT2D eigenvalue weighted by molar-refractivity contribution is -0.140. The van der Waals surface area contributed by atoms with Crippen LogP contribution in [0.25, 0.3) is 0 Å². The first-order valence-electron chi connectivity index (χ1n) is 7.35. The normalized spacial score (nSPS) is 17.8. The summed E-state index contributed by atoms with van der Waals surface area (Å²) < 4.78 is 63.2. The predicted octanol–water partition coefficient (Wildman–Crippen LogP) is 2.82. The highest BCUT2D eigenvalue weighted by atomic mass is 32.2. The molecule has 0 aliphatic heterocycles. The minimum absolute atomic E-state index is 0.00447. The number of nitrogens with one attached hydrogen (secondary N) is 2. The van der Waals surface area contributed by atoms with Crippen LogP contribution in [0, 0.1) is 5.92 Å². The van der Waals surface area contributed by atoms with E-state index >= 15 is 0 Å². The van der Waals surface area contributed by atoms with Crippen LogP contribution in [0.5, 0.6) is 0 Å². The Labute approximate surface area is 127 Å². The Bertz CT molecular complexity index is 578. The molecular weight excluding hydrogens is 319 g/mol. The van der Waals surface area contributed by atoms with Crippen LogP contribution in [-0.4, -0.2) is 24.1 Å². The third-order valence-corrected chi connectivity index (χ3v) is 5.27. The van der Waals surface area contributed by atoms with Gasteiger partial charge in [0.1, 0.15) is 11.5 Å². The highest BCUT2D eigenvalue weighted by Gasteiger charge is 2.33. The minimum atomic E-state index is -4.51. The quantitative estimate of drug-likeness (QED) is 0.837. The summed E-state index contributed by atoms with van der Waals surface area (Å²) in [6.45, 7) is -0.261. The van der Waals surface area contributed by atoms with Gasteiger partial charge in [0.05, 0.1) is 18.5 Å². The lowest BCUT2D eigenvalue weighted by atomic mass is 9.88. The van der Waals surface area contributed by atoms with Crippen molar-refractivity contribution in [2.24, 2.45) is 5.92 Å². The Morgan fingerprint density at radius 2 is 1.95 bits per heavy atom. The average molecular weight is 339 g/mol. The zero-order valence-electron chi connectivity index (χ0n) is 12.1. The van der Waals surface area contributed by atoms with Gasteiger partial charge in [0.25, 0.3) is 0 Å². The molecule has 2 N–H and O–H groups in total. The number of aromatic nitrogens is 2. The molecule has 0 atom stereocenters. The molecule has 2 rings (SSSR count). The molecule has 126 valence electrons. The van der Waals surface area contributed by atoms with Crippen LogP contribution >= 0.6 is 0 Å². The van der Waals surface area contributed by atoms with Crippen molar-refractivity contribution in [3.63, 3.8) is 0 Å². The molecule has 1 aromatic rings. The number of H-pyrrole nitrogens is 1. The highest BCUT2D eigenvalue weighted by molar-refractivity contribution is 7.89. The summed E-state index contributed by atoms with van der Waals surface area (Å²) >= 11 is 0. The van der Waals surface area contributed by atoms with Gasteiger partial charge in [0.15, 0.2) is 0 Å².